The molecule has 3 aromatic rings. The molecule has 1 aliphatic heterocycles. The summed E-state index contributed by atoms with van der Waals surface area (Å²) in [5.74, 6) is -0.691. The monoisotopic (exact) mass is 517 g/mol. The van der Waals surface area contributed by atoms with E-state index in [1.54, 1.807) is 47.4 Å². The van der Waals surface area contributed by atoms with Gasteiger partial charge in [-0.25, -0.2) is 4.39 Å². The Morgan fingerprint density at radius 2 is 1.58 bits per heavy atom. The molecule has 0 bridgehead atoms. The summed E-state index contributed by atoms with van der Waals surface area (Å²) in [4.78, 5) is 43.3. The van der Waals surface area contributed by atoms with Crippen LogP contribution in [0.15, 0.2) is 78.9 Å². The molecule has 0 aromatic heterocycles. The van der Waals surface area contributed by atoms with Gasteiger partial charge in [-0.05, 0) is 48.7 Å². The summed E-state index contributed by atoms with van der Waals surface area (Å²) < 4.78 is 20.1. The third-order valence-electron chi connectivity index (χ3n) is 7.14. The van der Waals surface area contributed by atoms with Crippen LogP contribution in [-0.4, -0.2) is 53.3 Å². The minimum Gasteiger partial charge on any atom is -0.497 e. The summed E-state index contributed by atoms with van der Waals surface area (Å²) in [7, 11) is 1.54. The van der Waals surface area contributed by atoms with E-state index in [2.05, 4.69) is 5.32 Å². The fourth-order valence-electron chi connectivity index (χ4n) is 4.86. The van der Waals surface area contributed by atoms with Gasteiger partial charge in [0.25, 0.3) is 5.91 Å². The number of benzene rings is 3. The lowest BCUT2D eigenvalue weighted by molar-refractivity contribution is -0.141. The molecular formula is C30H32FN3O4. The van der Waals surface area contributed by atoms with Gasteiger partial charge in [-0.2, -0.15) is 0 Å². The molecule has 0 aliphatic carbocycles. The molecule has 3 amide bonds. The summed E-state index contributed by atoms with van der Waals surface area (Å²) in [6.45, 7) is 2.27. The first-order valence-corrected chi connectivity index (χ1v) is 12.6. The zero-order valence-corrected chi connectivity index (χ0v) is 21.7. The van der Waals surface area contributed by atoms with E-state index in [1.807, 2.05) is 30.3 Å². The maximum absolute atomic E-state index is 14.8. The van der Waals surface area contributed by atoms with Crippen molar-refractivity contribution < 1.29 is 23.5 Å². The lowest BCUT2D eigenvalue weighted by Crippen LogP contribution is -2.64. The number of piperidine rings is 1. The van der Waals surface area contributed by atoms with Gasteiger partial charge in [0.2, 0.25) is 11.8 Å². The molecular weight excluding hydrogens is 485 g/mol. The first-order valence-electron chi connectivity index (χ1n) is 12.6. The fourth-order valence-corrected chi connectivity index (χ4v) is 4.86. The van der Waals surface area contributed by atoms with Crippen LogP contribution < -0.4 is 10.1 Å². The number of methoxy groups -OCH3 is 1. The van der Waals surface area contributed by atoms with Gasteiger partial charge in [0.1, 0.15) is 17.1 Å². The van der Waals surface area contributed by atoms with E-state index in [0.29, 0.717) is 30.0 Å². The maximum atomic E-state index is 14.8. The number of likely N-dealkylation sites (tertiary alicyclic amines) is 1. The number of carbonyl (C=O) groups excluding carboxylic acids is 3. The molecule has 8 heteroatoms. The van der Waals surface area contributed by atoms with Crippen LogP contribution in [0.2, 0.25) is 0 Å². The predicted molar refractivity (Wildman–Crippen MR) is 142 cm³/mol. The van der Waals surface area contributed by atoms with Gasteiger partial charge in [-0.1, -0.05) is 48.5 Å². The second-order valence-corrected chi connectivity index (χ2v) is 9.42. The van der Waals surface area contributed by atoms with Crippen molar-refractivity contribution in [3.05, 3.63) is 101 Å². The maximum Gasteiger partial charge on any atom is 0.255 e. The molecule has 38 heavy (non-hydrogen) atoms. The van der Waals surface area contributed by atoms with Gasteiger partial charge in [0, 0.05) is 44.2 Å². The van der Waals surface area contributed by atoms with Crippen molar-refractivity contribution in [3.63, 3.8) is 0 Å². The van der Waals surface area contributed by atoms with Gasteiger partial charge in [0.05, 0.1) is 7.11 Å². The normalized spacial score (nSPS) is 14.4. The molecule has 0 saturated carbocycles. The number of hydrogen-bond donors (Lipinski definition) is 1. The molecule has 7 nitrogen and oxygen atoms in total. The molecule has 1 aliphatic rings. The van der Waals surface area contributed by atoms with Crippen molar-refractivity contribution in [2.75, 3.05) is 20.2 Å². The lowest BCUT2D eigenvalue weighted by atomic mass is 9.83. The summed E-state index contributed by atoms with van der Waals surface area (Å²) in [6, 6.07) is 22.4. The van der Waals surface area contributed by atoms with Gasteiger partial charge in [0.15, 0.2) is 0 Å². The Kier molecular flexibility index (Phi) is 8.41. The highest BCUT2D eigenvalue weighted by Gasteiger charge is 2.49. The topological polar surface area (TPSA) is 79.0 Å². The largest absolute Gasteiger partial charge is 0.497 e. The summed E-state index contributed by atoms with van der Waals surface area (Å²) in [6.07, 6.45) is 0.451. The van der Waals surface area contributed by atoms with Crippen LogP contribution in [0.1, 0.15) is 41.3 Å². The Bertz CT molecular complexity index is 1270. The van der Waals surface area contributed by atoms with Crippen LogP contribution in [0, 0.1) is 5.82 Å². The van der Waals surface area contributed by atoms with E-state index >= 15 is 0 Å². The highest BCUT2D eigenvalue weighted by molar-refractivity contribution is 5.99. The Morgan fingerprint density at radius 3 is 2.18 bits per heavy atom. The first-order chi connectivity index (χ1) is 18.3. The Hall–Kier alpha value is -4.20. The molecule has 0 radical (unpaired) electrons. The number of carbonyl (C=O) groups is 3. The van der Waals surface area contributed by atoms with E-state index in [0.717, 1.165) is 5.56 Å². The van der Waals surface area contributed by atoms with E-state index in [9.17, 15) is 18.8 Å². The van der Waals surface area contributed by atoms with E-state index in [4.69, 9.17) is 4.74 Å². The third kappa shape index (κ3) is 5.85. The number of amides is 3. The molecule has 1 N–H and O–H groups in total. The number of halogens is 1. The highest BCUT2D eigenvalue weighted by atomic mass is 19.1. The van der Waals surface area contributed by atoms with Gasteiger partial charge < -0.3 is 19.9 Å². The SMILES string of the molecule is COc1ccc(C(=O)N(Cc2ccccc2F)C2(C(=O)NCc3ccccc3)CCN(C(C)=O)CC2)cc1. The third-order valence-corrected chi connectivity index (χ3v) is 7.14. The Balaban J connectivity index is 1.74. The van der Waals surface area contributed by atoms with Crippen molar-refractivity contribution in [2.24, 2.45) is 0 Å². The highest BCUT2D eigenvalue weighted by Crippen LogP contribution is 2.33. The summed E-state index contributed by atoms with van der Waals surface area (Å²) >= 11 is 0. The summed E-state index contributed by atoms with van der Waals surface area (Å²) in [5, 5.41) is 3.01. The molecule has 0 unspecified atom stereocenters. The average Bonchev–Trinajstić information content (AvgIpc) is 2.95. The molecule has 4 rings (SSSR count). The van der Waals surface area contributed by atoms with Crippen LogP contribution >= 0.6 is 0 Å². The lowest BCUT2D eigenvalue weighted by Gasteiger charge is -2.47. The standard InChI is InChI=1S/C30H32FN3O4/c1-22(35)33-18-16-30(17-19-33,29(37)32-20-23-8-4-3-5-9-23)34(21-25-10-6-7-11-27(25)31)28(36)24-12-14-26(38-2)15-13-24/h3-15H,16-21H2,1-2H3,(H,32,37). The first kappa shape index (κ1) is 26.9. The Morgan fingerprint density at radius 1 is 0.947 bits per heavy atom. The van der Waals surface area contributed by atoms with Crippen LogP contribution in [0.5, 0.6) is 5.75 Å². The molecule has 3 aromatic carbocycles. The van der Waals surface area contributed by atoms with Crippen LogP contribution in [-0.2, 0) is 22.7 Å². The smallest absolute Gasteiger partial charge is 0.255 e. The number of nitrogens with one attached hydrogen (secondary N) is 1. The molecule has 0 spiro atoms. The zero-order chi connectivity index (χ0) is 27.1. The number of hydrogen-bond acceptors (Lipinski definition) is 4. The molecule has 1 heterocycles. The van der Waals surface area contributed by atoms with Gasteiger partial charge in [-0.3, -0.25) is 14.4 Å². The minimum atomic E-state index is -1.29. The minimum absolute atomic E-state index is 0.0922. The fraction of sp³-hybridized carbons (Fsp3) is 0.300. The number of ether oxygens (including phenoxy) is 1. The van der Waals surface area contributed by atoms with Crippen LogP contribution in [0.3, 0.4) is 0 Å². The van der Waals surface area contributed by atoms with Gasteiger partial charge in [-0.15, -0.1) is 0 Å². The predicted octanol–water partition coefficient (Wildman–Crippen LogP) is 4.17. The Labute approximate surface area is 222 Å². The van der Waals surface area contributed by atoms with Crippen LogP contribution in [0.4, 0.5) is 4.39 Å². The van der Waals surface area contributed by atoms with E-state index < -0.39 is 17.3 Å². The molecule has 1 fully saturated rings. The van der Waals surface area contributed by atoms with Crippen LogP contribution in [0.25, 0.3) is 0 Å². The zero-order valence-electron chi connectivity index (χ0n) is 21.7. The second-order valence-electron chi connectivity index (χ2n) is 9.42. The molecule has 0 atom stereocenters. The van der Waals surface area contributed by atoms with Crippen molar-refractivity contribution in [3.8, 4) is 5.75 Å². The van der Waals surface area contributed by atoms with Gasteiger partial charge >= 0.3 is 0 Å². The number of nitrogens with zero attached hydrogens (tertiary/aromatic N) is 2. The molecule has 1 saturated heterocycles. The number of rotatable bonds is 8. The van der Waals surface area contributed by atoms with E-state index in [1.165, 1.54) is 25.0 Å². The van der Waals surface area contributed by atoms with Crippen molar-refractivity contribution in [1.29, 1.82) is 0 Å². The average molecular weight is 518 g/mol. The van der Waals surface area contributed by atoms with Crippen molar-refractivity contribution >= 4 is 17.7 Å². The second kappa shape index (κ2) is 11.9. The van der Waals surface area contributed by atoms with Crippen molar-refractivity contribution in [1.82, 2.24) is 15.1 Å². The van der Waals surface area contributed by atoms with E-state index in [-0.39, 0.29) is 37.7 Å². The molecule has 198 valence electrons. The summed E-state index contributed by atoms with van der Waals surface area (Å²) in [5.41, 5.74) is 0.282. The van der Waals surface area contributed by atoms with Crippen molar-refractivity contribution in [2.45, 2.75) is 38.4 Å². The quantitative estimate of drug-likeness (QED) is 0.487.